The fourth-order valence-electron chi connectivity index (χ4n) is 3.03. The second-order valence-electron chi connectivity index (χ2n) is 9.03. The SMILES string of the molecule is CC(C)NC(=O)C(CCC(=O)NCC(O)C(O)C(O)C(O)CO)CC(=O)CCOCCOC(C)C. The van der Waals surface area contributed by atoms with Gasteiger partial charge in [0.05, 0.1) is 38.6 Å². The highest BCUT2D eigenvalue weighted by Gasteiger charge is 2.30. The third-order valence-electron chi connectivity index (χ3n) is 5.03. The number of Topliss-reactive ketones (excluding diaryl/α,β-unsaturated/α-hetero) is 1. The van der Waals surface area contributed by atoms with E-state index >= 15 is 0 Å². The van der Waals surface area contributed by atoms with E-state index in [-0.39, 0.29) is 56.1 Å². The Morgan fingerprint density at radius 3 is 2.06 bits per heavy atom. The van der Waals surface area contributed by atoms with Gasteiger partial charge in [0.25, 0.3) is 0 Å². The van der Waals surface area contributed by atoms with Crippen molar-refractivity contribution in [1.82, 2.24) is 10.6 Å². The van der Waals surface area contributed by atoms with Crippen molar-refractivity contribution in [1.29, 1.82) is 0 Å². The van der Waals surface area contributed by atoms with Crippen LogP contribution in [0.3, 0.4) is 0 Å². The number of amides is 2. The van der Waals surface area contributed by atoms with Crippen LogP contribution in [0, 0.1) is 5.92 Å². The van der Waals surface area contributed by atoms with E-state index in [1.165, 1.54) is 0 Å². The number of ketones is 1. The van der Waals surface area contributed by atoms with Crippen molar-refractivity contribution in [3.8, 4) is 0 Å². The first-order valence-corrected chi connectivity index (χ1v) is 12.0. The number of ether oxygens (including phenoxy) is 2. The average Bonchev–Trinajstić information content (AvgIpc) is 2.79. The molecule has 0 bridgehead atoms. The van der Waals surface area contributed by atoms with Crippen LogP contribution in [0.5, 0.6) is 0 Å². The van der Waals surface area contributed by atoms with Gasteiger partial charge in [-0.25, -0.2) is 0 Å². The molecule has 2 amide bonds. The van der Waals surface area contributed by atoms with Crippen LogP contribution in [-0.4, -0.2) is 113 Å². The normalized spacial score (nSPS) is 16.0. The lowest BCUT2D eigenvalue weighted by Crippen LogP contribution is -2.49. The number of aliphatic hydroxyl groups is 5. The van der Waals surface area contributed by atoms with Gasteiger partial charge in [0, 0.05) is 37.8 Å². The quantitative estimate of drug-likeness (QED) is 0.0927. The minimum absolute atomic E-state index is 0.0513. The highest BCUT2D eigenvalue weighted by Crippen LogP contribution is 2.14. The van der Waals surface area contributed by atoms with Crippen molar-refractivity contribution < 1.29 is 49.4 Å². The summed E-state index contributed by atoms with van der Waals surface area (Å²) in [5.74, 6) is -1.77. The lowest BCUT2D eigenvalue weighted by Gasteiger charge is -2.25. The van der Waals surface area contributed by atoms with E-state index in [2.05, 4.69) is 10.6 Å². The Hall–Kier alpha value is -1.67. The summed E-state index contributed by atoms with van der Waals surface area (Å²) in [6.45, 7) is 7.14. The lowest BCUT2D eigenvalue weighted by molar-refractivity contribution is -0.131. The number of hydrogen-bond donors (Lipinski definition) is 7. The number of carbonyl (C=O) groups is 3. The molecule has 5 unspecified atom stereocenters. The standard InChI is InChI=1S/C23H44N2O10/c1-14(2)25-23(33)16(11-17(27)7-8-34-9-10-35-15(3)4)5-6-20(30)24-12-18(28)21(31)22(32)19(29)13-26/h14-16,18-19,21-22,26,28-29,31-32H,5-13H2,1-4H3,(H,24,30)(H,25,33). The number of hydrogen-bond acceptors (Lipinski definition) is 10. The molecular weight excluding hydrogens is 464 g/mol. The molecule has 0 aromatic rings. The smallest absolute Gasteiger partial charge is 0.223 e. The maximum atomic E-state index is 12.5. The zero-order valence-corrected chi connectivity index (χ0v) is 21.2. The van der Waals surface area contributed by atoms with Crippen molar-refractivity contribution in [3.05, 3.63) is 0 Å². The summed E-state index contributed by atoms with van der Waals surface area (Å²) in [6, 6.07) is -0.143. The van der Waals surface area contributed by atoms with Gasteiger partial charge in [0.2, 0.25) is 11.8 Å². The Morgan fingerprint density at radius 1 is 0.857 bits per heavy atom. The third kappa shape index (κ3) is 15.8. The Bertz CT molecular complexity index is 617. The van der Waals surface area contributed by atoms with Gasteiger partial charge in [-0.3, -0.25) is 14.4 Å². The van der Waals surface area contributed by atoms with Crippen molar-refractivity contribution in [2.75, 3.05) is 33.0 Å². The second-order valence-corrected chi connectivity index (χ2v) is 9.03. The van der Waals surface area contributed by atoms with E-state index < -0.39 is 49.4 Å². The first kappa shape index (κ1) is 33.3. The van der Waals surface area contributed by atoms with E-state index in [0.29, 0.717) is 13.2 Å². The second kappa shape index (κ2) is 18.6. The zero-order chi connectivity index (χ0) is 27.0. The highest BCUT2D eigenvalue weighted by molar-refractivity contribution is 5.87. The van der Waals surface area contributed by atoms with Gasteiger partial charge >= 0.3 is 0 Å². The third-order valence-corrected chi connectivity index (χ3v) is 5.03. The van der Waals surface area contributed by atoms with Gasteiger partial charge in [-0.15, -0.1) is 0 Å². The Balaban J connectivity index is 4.61. The summed E-state index contributed by atoms with van der Waals surface area (Å²) in [5.41, 5.74) is 0. The predicted octanol–water partition coefficient (Wildman–Crippen LogP) is -1.75. The number of aliphatic hydroxyl groups excluding tert-OH is 5. The summed E-state index contributed by atoms with van der Waals surface area (Å²) >= 11 is 0. The molecule has 0 fully saturated rings. The molecule has 0 spiro atoms. The van der Waals surface area contributed by atoms with Gasteiger partial charge in [-0.1, -0.05) is 0 Å². The monoisotopic (exact) mass is 508 g/mol. The molecule has 12 nitrogen and oxygen atoms in total. The van der Waals surface area contributed by atoms with Crippen molar-refractivity contribution in [2.45, 2.75) is 89.9 Å². The van der Waals surface area contributed by atoms with Crippen molar-refractivity contribution in [2.24, 2.45) is 5.92 Å². The Labute approximate surface area is 207 Å². The maximum absolute atomic E-state index is 12.5. The highest BCUT2D eigenvalue weighted by atomic mass is 16.5. The largest absolute Gasteiger partial charge is 0.394 e. The minimum Gasteiger partial charge on any atom is -0.394 e. The molecule has 0 aromatic carbocycles. The molecule has 7 N–H and O–H groups in total. The van der Waals surface area contributed by atoms with E-state index in [9.17, 15) is 34.8 Å². The van der Waals surface area contributed by atoms with Crippen LogP contribution >= 0.6 is 0 Å². The first-order valence-electron chi connectivity index (χ1n) is 12.0. The minimum atomic E-state index is -1.80. The molecule has 0 saturated heterocycles. The van der Waals surface area contributed by atoms with E-state index in [0.717, 1.165) is 0 Å². The summed E-state index contributed by atoms with van der Waals surface area (Å²) in [6.07, 6.45) is -6.69. The molecule has 0 rings (SSSR count). The van der Waals surface area contributed by atoms with Gasteiger partial charge in [-0.05, 0) is 34.1 Å². The molecule has 0 aromatic heterocycles. The molecule has 0 saturated carbocycles. The Morgan fingerprint density at radius 2 is 1.49 bits per heavy atom. The number of nitrogens with one attached hydrogen (secondary N) is 2. The zero-order valence-electron chi connectivity index (χ0n) is 21.2. The average molecular weight is 509 g/mol. The van der Waals surface area contributed by atoms with Gasteiger partial charge in [0.1, 0.15) is 24.1 Å². The molecule has 35 heavy (non-hydrogen) atoms. The molecular formula is C23H44N2O10. The summed E-state index contributed by atoms with van der Waals surface area (Å²) in [5, 5.41) is 52.5. The molecule has 0 aliphatic heterocycles. The molecule has 0 radical (unpaired) electrons. The van der Waals surface area contributed by atoms with Crippen LogP contribution in [0.1, 0.15) is 53.4 Å². The van der Waals surface area contributed by atoms with Crippen molar-refractivity contribution in [3.63, 3.8) is 0 Å². The molecule has 5 atom stereocenters. The van der Waals surface area contributed by atoms with E-state index in [4.69, 9.17) is 14.6 Å². The molecule has 0 aliphatic carbocycles. The summed E-state index contributed by atoms with van der Waals surface area (Å²) in [4.78, 5) is 37.0. The summed E-state index contributed by atoms with van der Waals surface area (Å²) < 4.78 is 10.7. The summed E-state index contributed by atoms with van der Waals surface area (Å²) in [7, 11) is 0. The van der Waals surface area contributed by atoms with E-state index in [1.54, 1.807) is 13.8 Å². The predicted molar refractivity (Wildman–Crippen MR) is 126 cm³/mol. The molecule has 12 heteroatoms. The molecule has 0 aliphatic rings. The van der Waals surface area contributed by atoms with Gasteiger partial charge in [-0.2, -0.15) is 0 Å². The van der Waals surface area contributed by atoms with Gasteiger partial charge in [0.15, 0.2) is 0 Å². The first-order chi connectivity index (χ1) is 16.4. The van der Waals surface area contributed by atoms with Crippen LogP contribution in [0.2, 0.25) is 0 Å². The van der Waals surface area contributed by atoms with Crippen molar-refractivity contribution >= 4 is 17.6 Å². The molecule has 0 heterocycles. The van der Waals surface area contributed by atoms with Crippen LogP contribution in [0.25, 0.3) is 0 Å². The van der Waals surface area contributed by atoms with Gasteiger partial charge < -0.3 is 45.6 Å². The van der Waals surface area contributed by atoms with E-state index in [1.807, 2.05) is 13.8 Å². The van der Waals surface area contributed by atoms with Crippen LogP contribution in [0.15, 0.2) is 0 Å². The maximum Gasteiger partial charge on any atom is 0.223 e. The fourth-order valence-corrected chi connectivity index (χ4v) is 3.03. The number of carbonyl (C=O) groups excluding carboxylic acids is 3. The van der Waals surface area contributed by atoms with Crippen LogP contribution in [-0.2, 0) is 23.9 Å². The lowest BCUT2D eigenvalue weighted by atomic mass is 9.94. The van der Waals surface area contributed by atoms with Crippen LogP contribution in [0.4, 0.5) is 0 Å². The number of rotatable bonds is 20. The molecule has 206 valence electrons. The Kier molecular flexibility index (Phi) is 17.7. The fraction of sp³-hybridized carbons (Fsp3) is 0.870. The topological polar surface area (TPSA) is 195 Å². The van der Waals surface area contributed by atoms with Crippen LogP contribution < -0.4 is 10.6 Å².